The fraction of sp³-hybridized carbons (Fsp3) is 0.433. The van der Waals surface area contributed by atoms with Crippen molar-refractivity contribution in [2.45, 2.75) is 52.7 Å². The van der Waals surface area contributed by atoms with E-state index >= 15 is 0 Å². The van der Waals surface area contributed by atoms with E-state index in [0.717, 1.165) is 54.8 Å². The van der Waals surface area contributed by atoms with Gasteiger partial charge in [-0.25, -0.2) is 0 Å². The van der Waals surface area contributed by atoms with E-state index in [1.54, 1.807) is 13.0 Å². The maximum atomic E-state index is 13.6. The lowest BCUT2D eigenvalue weighted by Gasteiger charge is -2.35. The zero-order chi connectivity index (χ0) is 27.7. The average Bonchev–Trinajstić information content (AvgIpc) is 3.46. The van der Waals surface area contributed by atoms with Gasteiger partial charge in [0, 0.05) is 48.1 Å². The lowest BCUT2D eigenvalue weighted by atomic mass is 9.90. The number of aryl methyl sites for hydroxylation is 2. The highest BCUT2D eigenvalue weighted by Gasteiger charge is 2.29. The van der Waals surface area contributed by atoms with Gasteiger partial charge in [0.2, 0.25) is 0 Å². The molecule has 3 aromatic heterocycles. The molecule has 0 saturated carbocycles. The summed E-state index contributed by atoms with van der Waals surface area (Å²) in [7, 11) is 3.48. The Hall–Kier alpha value is -3.85. The molecule has 4 heterocycles. The first-order valence-electron chi connectivity index (χ1n) is 13.6. The molecule has 0 aliphatic carbocycles. The molecular weight excluding hydrogens is 492 g/mol. The first-order chi connectivity index (χ1) is 18.8. The molecule has 0 spiro atoms. The molecule has 206 valence electrons. The number of carbonyl (C=O) groups excluding carboxylic acids is 1. The van der Waals surface area contributed by atoms with Crippen LogP contribution in [0, 0.1) is 19.8 Å². The second kappa shape index (κ2) is 11.1. The highest BCUT2D eigenvalue weighted by atomic mass is 16.5. The minimum Gasteiger partial charge on any atom is -0.496 e. The summed E-state index contributed by atoms with van der Waals surface area (Å²) in [6.07, 6.45) is 4.18. The molecule has 9 heteroatoms. The van der Waals surface area contributed by atoms with Crippen LogP contribution in [0.25, 0.3) is 10.9 Å². The molecule has 1 amide bonds. The summed E-state index contributed by atoms with van der Waals surface area (Å²) >= 11 is 0. The molecule has 0 radical (unpaired) electrons. The average molecular weight is 531 g/mol. The Balaban J connectivity index is 1.35. The smallest absolute Gasteiger partial charge is 0.256 e. The number of likely N-dealkylation sites (tertiary alicyclic amines) is 1. The number of fused-ring (bicyclic) bond motifs is 1. The number of pyridine rings is 1. The van der Waals surface area contributed by atoms with E-state index in [1.165, 1.54) is 7.11 Å². The van der Waals surface area contributed by atoms with Crippen molar-refractivity contribution in [3.63, 3.8) is 0 Å². The Labute approximate surface area is 228 Å². The van der Waals surface area contributed by atoms with Crippen LogP contribution in [0.1, 0.15) is 58.8 Å². The Kier molecular flexibility index (Phi) is 7.61. The van der Waals surface area contributed by atoms with E-state index in [0.29, 0.717) is 28.5 Å². The van der Waals surface area contributed by atoms with Gasteiger partial charge in [-0.15, -0.1) is 0 Å². The second-order valence-electron chi connectivity index (χ2n) is 10.7. The first kappa shape index (κ1) is 26.7. The quantitative estimate of drug-likeness (QED) is 0.358. The number of nitrogens with one attached hydrogen (secondary N) is 2. The predicted molar refractivity (Wildman–Crippen MR) is 152 cm³/mol. The highest BCUT2D eigenvalue weighted by Crippen LogP contribution is 2.36. The number of ether oxygens (including phenoxy) is 1. The number of methoxy groups -OCH3 is 1. The fourth-order valence-electron chi connectivity index (χ4n) is 6.08. The standard InChI is InChI=1S/C30H38N6O3/c1-19-16-27(39-5)25(29(37)32-19)17-31-30(38)28-21(3)36(26-9-7-6-8-24(26)28)20(2)22-10-14-35(15-11-22)18-23-12-13-34(4)33-23/h6-9,12-13,16,20,22H,10-11,14-15,17-18H2,1-5H3,(H,31,38)(H,32,37). The maximum absolute atomic E-state index is 13.6. The Bertz CT molecular complexity index is 1540. The fourth-order valence-corrected chi connectivity index (χ4v) is 6.08. The van der Waals surface area contributed by atoms with Gasteiger partial charge in [0.15, 0.2) is 0 Å². The van der Waals surface area contributed by atoms with Crippen molar-refractivity contribution in [1.29, 1.82) is 0 Å². The Morgan fingerprint density at radius 1 is 1.21 bits per heavy atom. The Morgan fingerprint density at radius 3 is 2.64 bits per heavy atom. The molecule has 39 heavy (non-hydrogen) atoms. The molecule has 1 aliphatic rings. The van der Waals surface area contributed by atoms with Crippen molar-refractivity contribution in [3.05, 3.63) is 81.2 Å². The summed E-state index contributed by atoms with van der Waals surface area (Å²) in [6.45, 7) is 9.13. The summed E-state index contributed by atoms with van der Waals surface area (Å²) in [5, 5.41) is 8.44. The normalized spacial score (nSPS) is 15.5. The largest absolute Gasteiger partial charge is 0.496 e. The number of H-pyrrole nitrogens is 1. The number of rotatable bonds is 8. The number of nitrogens with zero attached hydrogens (tertiary/aromatic N) is 4. The number of carbonyl (C=O) groups is 1. The number of aromatic nitrogens is 4. The molecular formula is C30H38N6O3. The van der Waals surface area contributed by atoms with Crippen molar-refractivity contribution >= 4 is 16.8 Å². The number of aromatic amines is 1. The summed E-state index contributed by atoms with van der Waals surface area (Å²) in [5.74, 6) is 0.784. The molecule has 5 rings (SSSR count). The van der Waals surface area contributed by atoms with Gasteiger partial charge in [-0.1, -0.05) is 18.2 Å². The van der Waals surface area contributed by atoms with Crippen LogP contribution in [0.4, 0.5) is 0 Å². The Morgan fingerprint density at radius 2 is 1.95 bits per heavy atom. The molecule has 1 unspecified atom stereocenters. The first-order valence-corrected chi connectivity index (χ1v) is 13.6. The van der Waals surface area contributed by atoms with E-state index in [9.17, 15) is 9.59 Å². The molecule has 1 aromatic carbocycles. The van der Waals surface area contributed by atoms with Gasteiger partial charge in [-0.05, 0) is 70.8 Å². The molecule has 1 fully saturated rings. The molecule has 1 atom stereocenters. The lowest BCUT2D eigenvalue weighted by Crippen LogP contribution is -2.36. The third-order valence-electron chi connectivity index (χ3n) is 8.13. The molecule has 1 aliphatic heterocycles. The van der Waals surface area contributed by atoms with Crippen LogP contribution in [0.15, 0.2) is 47.4 Å². The van der Waals surface area contributed by atoms with E-state index in [1.807, 2.05) is 43.0 Å². The molecule has 4 aromatic rings. The van der Waals surface area contributed by atoms with Crippen molar-refractivity contribution in [2.24, 2.45) is 13.0 Å². The second-order valence-corrected chi connectivity index (χ2v) is 10.7. The summed E-state index contributed by atoms with van der Waals surface area (Å²) in [4.78, 5) is 31.4. The van der Waals surface area contributed by atoms with Gasteiger partial charge >= 0.3 is 0 Å². The topological polar surface area (TPSA) is 97.2 Å². The van der Waals surface area contributed by atoms with Gasteiger partial charge in [0.05, 0.1) is 30.5 Å². The molecule has 1 saturated heterocycles. The number of benzene rings is 1. The van der Waals surface area contributed by atoms with E-state index < -0.39 is 0 Å². The van der Waals surface area contributed by atoms with Gasteiger partial charge in [0.25, 0.3) is 11.5 Å². The number of piperidine rings is 1. The predicted octanol–water partition coefficient (Wildman–Crippen LogP) is 4.09. The van der Waals surface area contributed by atoms with Crippen molar-refractivity contribution < 1.29 is 9.53 Å². The SMILES string of the molecule is COc1cc(C)[nH]c(=O)c1CNC(=O)c1c(C)n(C(C)C2CCN(Cc3ccn(C)n3)CC2)c2ccccc12. The molecule has 2 N–H and O–H groups in total. The summed E-state index contributed by atoms with van der Waals surface area (Å²) in [6, 6.07) is 12.2. The monoisotopic (exact) mass is 530 g/mol. The number of hydrogen-bond acceptors (Lipinski definition) is 5. The van der Waals surface area contributed by atoms with E-state index in [-0.39, 0.29) is 24.1 Å². The van der Waals surface area contributed by atoms with Gasteiger partial charge in [-0.3, -0.25) is 19.2 Å². The van der Waals surface area contributed by atoms with Crippen molar-refractivity contribution in [3.8, 4) is 5.75 Å². The van der Waals surface area contributed by atoms with Crippen LogP contribution in [0.3, 0.4) is 0 Å². The minimum atomic E-state index is -0.255. The maximum Gasteiger partial charge on any atom is 0.256 e. The van der Waals surface area contributed by atoms with Crippen LogP contribution in [0.2, 0.25) is 0 Å². The third-order valence-corrected chi connectivity index (χ3v) is 8.13. The number of hydrogen-bond donors (Lipinski definition) is 2. The van der Waals surface area contributed by atoms with Crippen LogP contribution in [-0.4, -0.2) is 50.3 Å². The minimum absolute atomic E-state index is 0.0842. The van der Waals surface area contributed by atoms with E-state index in [4.69, 9.17) is 4.74 Å². The summed E-state index contributed by atoms with van der Waals surface area (Å²) < 4.78 is 9.59. The van der Waals surface area contributed by atoms with Gasteiger partial charge < -0.3 is 19.6 Å². The van der Waals surface area contributed by atoms with Crippen LogP contribution in [-0.2, 0) is 20.1 Å². The zero-order valence-corrected chi connectivity index (χ0v) is 23.5. The van der Waals surface area contributed by atoms with Crippen LogP contribution < -0.4 is 15.6 Å². The molecule has 9 nitrogen and oxygen atoms in total. The number of para-hydroxylation sites is 1. The van der Waals surface area contributed by atoms with E-state index in [2.05, 4.69) is 43.9 Å². The third kappa shape index (κ3) is 5.36. The van der Waals surface area contributed by atoms with Crippen molar-refractivity contribution in [2.75, 3.05) is 20.2 Å². The summed E-state index contributed by atoms with van der Waals surface area (Å²) in [5.41, 5.74) is 4.64. The highest BCUT2D eigenvalue weighted by molar-refractivity contribution is 6.08. The van der Waals surface area contributed by atoms with Crippen LogP contribution in [0.5, 0.6) is 5.75 Å². The molecule has 0 bridgehead atoms. The lowest BCUT2D eigenvalue weighted by molar-refractivity contribution is 0.0951. The number of amides is 1. The van der Waals surface area contributed by atoms with Crippen molar-refractivity contribution in [1.82, 2.24) is 29.5 Å². The zero-order valence-electron chi connectivity index (χ0n) is 23.5. The van der Waals surface area contributed by atoms with Gasteiger partial charge in [-0.2, -0.15) is 5.10 Å². The van der Waals surface area contributed by atoms with Crippen LogP contribution >= 0.6 is 0 Å². The van der Waals surface area contributed by atoms with Gasteiger partial charge in [0.1, 0.15) is 5.75 Å².